The number of aryl methyl sites for hydroxylation is 3. The molecule has 0 heterocycles. The molecule has 2 aromatic rings. The minimum absolute atomic E-state index is 0.636. The molecule has 0 bridgehead atoms. The van der Waals surface area contributed by atoms with E-state index in [9.17, 15) is 4.57 Å². The van der Waals surface area contributed by atoms with Gasteiger partial charge >= 0.3 is 0 Å². The molecule has 0 saturated heterocycles. The van der Waals surface area contributed by atoms with Crippen LogP contribution in [0.4, 0.5) is 0 Å². The van der Waals surface area contributed by atoms with E-state index in [0.717, 1.165) is 5.30 Å². The number of rotatable bonds is 3. The first-order valence-electron chi connectivity index (χ1n) is 6.14. The lowest BCUT2D eigenvalue weighted by Gasteiger charge is -2.11. The monoisotopic (exact) mass is 257 g/mol. The summed E-state index contributed by atoms with van der Waals surface area (Å²) >= 11 is 0. The minimum Gasteiger partial charge on any atom is -0.282 e. The third kappa shape index (κ3) is 2.86. The lowest BCUT2D eigenvalue weighted by Crippen LogP contribution is -1.99. The lowest BCUT2D eigenvalue weighted by atomic mass is 10.0. The third-order valence-corrected chi connectivity index (χ3v) is 4.66. The van der Waals surface area contributed by atoms with E-state index in [1.165, 1.54) is 22.3 Å². The van der Waals surface area contributed by atoms with Crippen LogP contribution in [0.15, 0.2) is 42.5 Å². The molecule has 0 fully saturated rings. The first-order chi connectivity index (χ1) is 8.58. The second-order valence-electron chi connectivity index (χ2n) is 4.75. The fourth-order valence-corrected chi connectivity index (χ4v) is 3.76. The van der Waals surface area contributed by atoms with Gasteiger partial charge in [-0.3, -0.25) is 4.57 Å². The van der Waals surface area contributed by atoms with Crippen LogP contribution in [0, 0.1) is 20.8 Å². The normalized spacial score (nSPS) is 11.4. The van der Waals surface area contributed by atoms with Crippen LogP contribution >= 0.6 is 7.80 Å². The summed E-state index contributed by atoms with van der Waals surface area (Å²) in [5.41, 5.74) is 4.98. The third-order valence-electron chi connectivity index (χ3n) is 3.19. The Balaban J connectivity index is 2.28. The van der Waals surface area contributed by atoms with Crippen LogP contribution in [0.1, 0.15) is 22.3 Å². The summed E-state index contributed by atoms with van der Waals surface area (Å²) in [5, 5.41) is 0.937. The second kappa shape index (κ2) is 5.46. The number of benzene rings is 2. The van der Waals surface area contributed by atoms with Crippen molar-refractivity contribution < 1.29 is 4.57 Å². The van der Waals surface area contributed by atoms with Gasteiger partial charge in [-0.05, 0) is 49.6 Å². The maximum atomic E-state index is 12.4. The zero-order valence-corrected chi connectivity index (χ0v) is 12.0. The van der Waals surface area contributed by atoms with Crippen LogP contribution in [0.2, 0.25) is 0 Å². The molecule has 0 N–H and O–H groups in total. The molecule has 0 aliphatic heterocycles. The predicted octanol–water partition coefficient (Wildman–Crippen LogP) is 4.26. The highest BCUT2D eigenvalue weighted by Gasteiger charge is 2.10. The van der Waals surface area contributed by atoms with Crippen molar-refractivity contribution in [3.63, 3.8) is 0 Å². The van der Waals surface area contributed by atoms with Gasteiger partial charge in [-0.15, -0.1) is 0 Å². The van der Waals surface area contributed by atoms with Crippen molar-refractivity contribution in [2.75, 3.05) is 0 Å². The molecule has 0 spiro atoms. The van der Waals surface area contributed by atoms with E-state index >= 15 is 0 Å². The molecule has 2 heteroatoms. The first kappa shape index (κ1) is 13.0. The van der Waals surface area contributed by atoms with Crippen LogP contribution in [0.3, 0.4) is 0 Å². The van der Waals surface area contributed by atoms with E-state index in [4.69, 9.17) is 0 Å². The van der Waals surface area contributed by atoms with Gasteiger partial charge in [-0.1, -0.05) is 35.9 Å². The molecule has 0 aliphatic carbocycles. The van der Waals surface area contributed by atoms with E-state index in [1.54, 1.807) is 0 Å². The Morgan fingerprint density at radius 3 is 2.06 bits per heavy atom. The van der Waals surface area contributed by atoms with Crippen molar-refractivity contribution in [3.05, 3.63) is 64.7 Å². The zero-order chi connectivity index (χ0) is 13.1. The van der Waals surface area contributed by atoms with Gasteiger partial charge in [0.15, 0.2) is 0 Å². The summed E-state index contributed by atoms with van der Waals surface area (Å²) in [5.74, 6) is 0. The van der Waals surface area contributed by atoms with Crippen molar-refractivity contribution in [1.82, 2.24) is 0 Å². The minimum atomic E-state index is -1.34. The SMILES string of the molecule is Cc1cc(C)c(C[P](=O)c2ccccc2)c(C)c1. The van der Waals surface area contributed by atoms with Crippen molar-refractivity contribution >= 4 is 13.1 Å². The summed E-state index contributed by atoms with van der Waals surface area (Å²) < 4.78 is 12.4. The molecular weight excluding hydrogens is 239 g/mol. The summed E-state index contributed by atoms with van der Waals surface area (Å²) in [4.78, 5) is 0. The lowest BCUT2D eigenvalue weighted by molar-refractivity contribution is 0.592. The van der Waals surface area contributed by atoms with E-state index in [2.05, 4.69) is 32.9 Å². The van der Waals surface area contributed by atoms with Gasteiger partial charge in [0.25, 0.3) is 0 Å². The molecule has 1 atom stereocenters. The summed E-state index contributed by atoms with van der Waals surface area (Å²) in [6.45, 7) is 6.30. The highest BCUT2D eigenvalue weighted by atomic mass is 31.1. The van der Waals surface area contributed by atoms with E-state index in [1.807, 2.05) is 30.3 Å². The largest absolute Gasteiger partial charge is 0.282 e. The Morgan fingerprint density at radius 1 is 0.944 bits per heavy atom. The standard InChI is InChI=1S/C16H18OP/c1-12-9-13(2)16(14(3)10-12)11-18(17)15-7-5-4-6-8-15/h4-10H,11H2,1-3H3. The zero-order valence-electron chi connectivity index (χ0n) is 11.1. The molecule has 0 amide bonds. The van der Waals surface area contributed by atoms with Crippen LogP contribution in [-0.4, -0.2) is 0 Å². The van der Waals surface area contributed by atoms with Gasteiger partial charge in [0.2, 0.25) is 0 Å². The first-order valence-corrected chi connectivity index (χ1v) is 7.59. The Labute approximate surface area is 110 Å². The molecule has 2 aromatic carbocycles. The fourth-order valence-electron chi connectivity index (χ4n) is 2.29. The quantitative estimate of drug-likeness (QED) is 0.751. The van der Waals surface area contributed by atoms with E-state index < -0.39 is 7.80 Å². The van der Waals surface area contributed by atoms with Gasteiger partial charge in [-0.2, -0.15) is 0 Å². The Kier molecular flexibility index (Phi) is 3.93. The molecule has 1 unspecified atom stereocenters. The van der Waals surface area contributed by atoms with E-state index in [-0.39, 0.29) is 0 Å². The topological polar surface area (TPSA) is 17.1 Å². The average molecular weight is 257 g/mol. The summed E-state index contributed by atoms with van der Waals surface area (Å²) in [6.07, 6.45) is 0.636. The van der Waals surface area contributed by atoms with Gasteiger partial charge in [-0.25, -0.2) is 0 Å². The van der Waals surface area contributed by atoms with Crippen molar-refractivity contribution in [2.45, 2.75) is 26.9 Å². The van der Waals surface area contributed by atoms with Crippen molar-refractivity contribution in [3.8, 4) is 0 Å². The average Bonchev–Trinajstić information content (AvgIpc) is 2.34. The smallest absolute Gasteiger partial charge is 0.108 e. The van der Waals surface area contributed by atoms with Gasteiger partial charge in [0.1, 0.15) is 7.80 Å². The van der Waals surface area contributed by atoms with Crippen LogP contribution in [0.5, 0.6) is 0 Å². The summed E-state index contributed by atoms with van der Waals surface area (Å²) in [7, 11) is -1.34. The van der Waals surface area contributed by atoms with Gasteiger partial charge in [0.05, 0.1) is 0 Å². The highest BCUT2D eigenvalue weighted by molar-refractivity contribution is 7.52. The van der Waals surface area contributed by atoms with Crippen LogP contribution < -0.4 is 5.30 Å². The van der Waals surface area contributed by atoms with E-state index in [0.29, 0.717) is 6.16 Å². The predicted molar refractivity (Wildman–Crippen MR) is 78.0 cm³/mol. The Morgan fingerprint density at radius 2 is 1.50 bits per heavy atom. The number of hydrogen-bond donors (Lipinski definition) is 0. The molecular formula is C16H18OP. The highest BCUT2D eigenvalue weighted by Crippen LogP contribution is 2.30. The van der Waals surface area contributed by atoms with Gasteiger partial charge in [0, 0.05) is 11.5 Å². The Bertz CT molecular complexity index is 550. The Hall–Kier alpha value is -1.46. The maximum Gasteiger partial charge on any atom is 0.108 e. The van der Waals surface area contributed by atoms with Crippen LogP contribution in [0.25, 0.3) is 0 Å². The molecule has 1 radical (unpaired) electrons. The van der Waals surface area contributed by atoms with Crippen LogP contribution in [-0.2, 0) is 10.7 Å². The van der Waals surface area contributed by atoms with Crippen molar-refractivity contribution in [1.29, 1.82) is 0 Å². The molecule has 18 heavy (non-hydrogen) atoms. The van der Waals surface area contributed by atoms with Crippen molar-refractivity contribution in [2.24, 2.45) is 0 Å². The maximum absolute atomic E-state index is 12.4. The molecule has 2 rings (SSSR count). The second-order valence-corrected chi connectivity index (χ2v) is 6.34. The molecule has 0 aliphatic rings. The molecule has 0 aromatic heterocycles. The van der Waals surface area contributed by atoms with Gasteiger partial charge < -0.3 is 0 Å². The summed E-state index contributed by atoms with van der Waals surface area (Å²) in [6, 6.07) is 14.0. The fraction of sp³-hybridized carbons (Fsp3) is 0.250. The molecule has 0 saturated carbocycles. The molecule has 1 nitrogen and oxygen atoms in total. The number of hydrogen-bond acceptors (Lipinski definition) is 1. The molecule has 93 valence electrons.